The first kappa shape index (κ1) is 13.9. The lowest BCUT2D eigenvalue weighted by atomic mass is 9.86. The Labute approximate surface area is 116 Å². The summed E-state index contributed by atoms with van der Waals surface area (Å²) in [5.74, 6) is 0.630. The van der Waals surface area contributed by atoms with Crippen LogP contribution in [0.4, 0.5) is 0 Å². The predicted molar refractivity (Wildman–Crippen MR) is 77.1 cm³/mol. The van der Waals surface area contributed by atoms with Gasteiger partial charge in [-0.1, -0.05) is 26.7 Å². The van der Waals surface area contributed by atoms with E-state index in [4.69, 9.17) is 16.7 Å². The molecule has 1 aromatic heterocycles. The fraction of sp³-hybridized carbons (Fsp3) is 0.800. The number of hydrogen-bond donors (Lipinski definition) is 0. The minimum absolute atomic E-state index is 0.358. The van der Waals surface area contributed by atoms with Crippen LogP contribution in [0.1, 0.15) is 64.1 Å². The number of aromatic nitrogens is 2. The molecule has 1 heterocycles. The normalized spacial score (nSPS) is 24.7. The van der Waals surface area contributed by atoms with Crippen LogP contribution in [0.5, 0.6) is 0 Å². The maximum atomic E-state index is 6.42. The molecule has 0 aromatic carbocycles. The molecule has 1 fully saturated rings. The van der Waals surface area contributed by atoms with Crippen molar-refractivity contribution in [2.75, 3.05) is 0 Å². The first-order chi connectivity index (χ1) is 8.74. The Morgan fingerprint density at radius 2 is 2.06 bits per heavy atom. The van der Waals surface area contributed by atoms with Gasteiger partial charge in [-0.25, -0.2) is 0 Å². The third-order valence-corrected chi connectivity index (χ3v) is 4.84. The minimum atomic E-state index is 0.358. The van der Waals surface area contributed by atoms with Crippen LogP contribution in [0.25, 0.3) is 0 Å². The number of halogens is 1. The second-order valence-corrected chi connectivity index (χ2v) is 6.08. The Kier molecular flexibility index (Phi) is 5.11. The number of rotatable bonds is 5. The SMILES string of the molecule is CCC(CC)n1ccc(CC2CCCCC2Cl)n1. The van der Waals surface area contributed by atoms with Gasteiger partial charge in [0.1, 0.15) is 0 Å². The van der Waals surface area contributed by atoms with E-state index in [0.717, 1.165) is 19.3 Å². The van der Waals surface area contributed by atoms with E-state index in [1.165, 1.54) is 31.4 Å². The Hall–Kier alpha value is -0.500. The second kappa shape index (κ2) is 6.60. The minimum Gasteiger partial charge on any atom is -0.269 e. The van der Waals surface area contributed by atoms with Crippen LogP contribution in [0, 0.1) is 5.92 Å². The van der Waals surface area contributed by atoms with Crippen molar-refractivity contribution in [2.45, 2.75) is 70.2 Å². The van der Waals surface area contributed by atoms with Gasteiger partial charge in [-0.15, -0.1) is 11.6 Å². The molecule has 1 aromatic rings. The lowest BCUT2D eigenvalue weighted by Crippen LogP contribution is -2.22. The van der Waals surface area contributed by atoms with Crippen LogP contribution in [0.15, 0.2) is 12.3 Å². The van der Waals surface area contributed by atoms with Gasteiger partial charge in [0.25, 0.3) is 0 Å². The molecule has 0 bridgehead atoms. The maximum absolute atomic E-state index is 6.42. The van der Waals surface area contributed by atoms with E-state index < -0.39 is 0 Å². The van der Waals surface area contributed by atoms with Crippen molar-refractivity contribution < 1.29 is 0 Å². The first-order valence-corrected chi connectivity index (χ1v) is 7.86. The topological polar surface area (TPSA) is 17.8 Å². The molecule has 1 saturated carbocycles. The van der Waals surface area contributed by atoms with Crippen molar-refractivity contribution in [3.05, 3.63) is 18.0 Å². The highest BCUT2D eigenvalue weighted by molar-refractivity contribution is 6.20. The Morgan fingerprint density at radius 3 is 2.72 bits per heavy atom. The Balaban J connectivity index is 1.97. The van der Waals surface area contributed by atoms with Gasteiger partial charge in [0, 0.05) is 11.6 Å². The molecule has 2 rings (SSSR count). The van der Waals surface area contributed by atoms with Crippen molar-refractivity contribution in [1.29, 1.82) is 0 Å². The molecular formula is C15H25ClN2. The van der Waals surface area contributed by atoms with E-state index >= 15 is 0 Å². The van der Waals surface area contributed by atoms with Gasteiger partial charge in [-0.05, 0) is 44.1 Å². The first-order valence-electron chi connectivity index (χ1n) is 7.42. The molecule has 0 amide bonds. The lowest BCUT2D eigenvalue weighted by Gasteiger charge is -2.26. The summed E-state index contributed by atoms with van der Waals surface area (Å²) in [5.41, 5.74) is 1.22. The zero-order valence-corrected chi connectivity index (χ0v) is 12.4. The Bertz CT molecular complexity index is 357. The molecule has 1 aliphatic rings. The van der Waals surface area contributed by atoms with Crippen LogP contribution in [-0.4, -0.2) is 15.2 Å². The van der Waals surface area contributed by atoms with Crippen LogP contribution in [-0.2, 0) is 6.42 Å². The van der Waals surface area contributed by atoms with Crippen molar-refractivity contribution in [2.24, 2.45) is 5.92 Å². The fourth-order valence-electron chi connectivity index (χ4n) is 3.01. The third-order valence-electron chi connectivity index (χ3n) is 4.27. The Morgan fingerprint density at radius 1 is 1.33 bits per heavy atom. The second-order valence-electron chi connectivity index (χ2n) is 5.52. The molecule has 2 nitrogen and oxygen atoms in total. The van der Waals surface area contributed by atoms with Gasteiger partial charge in [0.15, 0.2) is 0 Å². The molecule has 0 N–H and O–H groups in total. The third kappa shape index (κ3) is 3.28. The van der Waals surface area contributed by atoms with Crippen LogP contribution < -0.4 is 0 Å². The number of nitrogens with zero attached hydrogens (tertiary/aromatic N) is 2. The van der Waals surface area contributed by atoms with Crippen LogP contribution in [0.3, 0.4) is 0 Å². The van der Waals surface area contributed by atoms with Gasteiger partial charge >= 0.3 is 0 Å². The average Bonchev–Trinajstić information content (AvgIpc) is 2.82. The molecule has 0 radical (unpaired) electrons. The molecule has 1 aliphatic carbocycles. The van der Waals surface area contributed by atoms with E-state index in [-0.39, 0.29) is 0 Å². The van der Waals surface area contributed by atoms with Crippen LogP contribution in [0.2, 0.25) is 0 Å². The molecule has 0 aliphatic heterocycles. The lowest BCUT2D eigenvalue weighted by molar-refractivity contribution is 0.357. The van der Waals surface area contributed by atoms with E-state index in [1.807, 2.05) is 0 Å². The van der Waals surface area contributed by atoms with Gasteiger partial charge in [0.05, 0.1) is 11.7 Å². The number of alkyl halides is 1. The van der Waals surface area contributed by atoms with Crippen molar-refractivity contribution in [3.63, 3.8) is 0 Å². The zero-order valence-electron chi connectivity index (χ0n) is 11.6. The standard InChI is InChI=1S/C15H25ClN2/c1-3-14(4-2)18-10-9-13(17-18)11-12-7-5-6-8-15(12)16/h9-10,12,14-15H,3-8,11H2,1-2H3. The maximum Gasteiger partial charge on any atom is 0.0628 e. The van der Waals surface area contributed by atoms with Gasteiger partial charge in [-0.3, -0.25) is 4.68 Å². The highest BCUT2D eigenvalue weighted by atomic mass is 35.5. The molecular weight excluding hydrogens is 244 g/mol. The predicted octanol–water partition coefficient (Wildman–Crippen LogP) is 4.58. The summed E-state index contributed by atoms with van der Waals surface area (Å²) in [6.45, 7) is 4.46. The zero-order chi connectivity index (χ0) is 13.0. The summed E-state index contributed by atoms with van der Waals surface area (Å²) < 4.78 is 2.14. The smallest absolute Gasteiger partial charge is 0.0628 e. The average molecular weight is 269 g/mol. The van der Waals surface area contributed by atoms with E-state index in [1.54, 1.807) is 0 Å². The van der Waals surface area contributed by atoms with Crippen molar-refractivity contribution in [1.82, 2.24) is 9.78 Å². The van der Waals surface area contributed by atoms with Crippen molar-refractivity contribution in [3.8, 4) is 0 Å². The van der Waals surface area contributed by atoms with Crippen LogP contribution >= 0.6 is 11.6 Å². The largest absolute Gasteiger partial charge is 0.269 e. The van der Waals surface area contributed by atoms with Gasteiger partial charge < -0.3 is 0 Å². The summed E-state index contributed by atoms with van der Waals surface area (Å²) in [5, 5.41) is 5.10. The molecule has 0 saturated heterocycles. The molecule has 2 unspecified atom stereocenters. The summed E-state index contributed by atoms with van der Waals surface area (Å²) in [7, 11) is 0. The molecule has 18 heavy (non-hydrogen) atoms. The monoisotopic (exact) mass is 268 g/mol. The molecule has 102 valence electrons. The summed E-state index contributed by atoms with van der Waals surface area (Å²) in [6.07, 6.45) is 10.6. The fourth-order valence-corrected chi connectivity index (χ4v) is 3.38. The summed E-state index contributed by atoms with van der Waals surface area (Å²) in [6, 6.07) is 2.73. The summed E-state index contributed by atoms with van der Waals surface area (Å²) >= 11 is 6.42. The highest BCUT2D eigenvalue weighted by Gasteiger charge is 2.24. The van der Waals surface area contributed by atoms with Gasteiger partial charge in [0.2, 0.25) is 0 Å². The number of hydrogen-bond acceptors (Lipinski definition) is 1. The quantitative estimate of drug-likeness (QED) is 0.715. The molecule has 3 heteroatoms. The van der Waals surface area contributed by atoms with E-state index in [2.05, 4.69) is 30.8 Å². The van der Waals surface area contributed by atoms with Crippen molar-refractivity contribution >= 4 is 11.6 Å². The van der Waals surface area contributed by atoms with Gasteiger partial charge in [-0.2, -0.15) is 5.10 Å². The molecule has 2 atom stereocenters. The van der Waals surface area contributed by atoms with E-state index in [0.29, 0.717) is 17.3 Å². The van der Waals surface area contributed by atoms with E-state index in [9.17, 15) is 0 Å². The summed E-state index contributed by atoms with van der Waals surface area (Å²) in [4.78, 5) is 0. The molecule has 0 spiro atoms. The highest BCUT2D eigenvalue weighted by Crippen LogP contribution is 2.31.